The molecule has 1 aliphatic rings. The summed E-state index contributed by atoms with van der Waals surface area (Å²) >= 11 is 0. The van der Waals surface area contributed by atoms with Gasteiger partial charge in [-0.05, 0) is 24.7 Å². The van der Waals surface area contributed by atoms with E-state index in [-0.39, 0.29) is 0 Å². The van der Waals surface area contributed by atoms with E-state index in [0.717, 1.165) is 13.0 Å². The zero-order valence-corrected chi connectivity index (χ0v) is 10.6. The van der Waals surface area contributed by atoms with Gasteiger partial charge in [0.05, 0.1) is 18.1 Å². The van der Waals surface area contributed by atoms with Crippen molar-refractivity contribution in [1.82, 2.24) is 15.3 Å². The molecule has 0 amide bonds. The number of imidazole rings is 1. The average molecular weight is 221 g/mol. The van der Waals surface area contributed by atoms with Gasteiger partial charge in [0.1, 0.15) is 0 Å². The summed E-state index contributed by atoms with van der Waals surface area (Å²) in [6.07, 6.45) is 6.56. The summed E-state index contributed by atoms with van der Waals surface area (Å²) in [5, 5.41) is 3.67. The number of nitrogens with zero attached hydrogens (tertiary/aromatic N) is 1. The van der Waals surface area contributed by atoms with Crippen LogP contribution in [0.5, 0.6) is 0 Å². The summed E-state index contributed by atoms with van der Waals surface area (Å²) in [5.74, 6) is 0. The second kappa shape index (κ2) is 4.58. The van der Waals surface area contributed by atoms with E-state index in [9.17, 15) is 0 Å². The smallest absolute Gasteiger partial charge is 0.0925 e. The number of aromatic amines is 1. The molecule has 2 heterocycles. The van der Waals surface area contributed by atoms with Crippen LogP contribution in [0.15, 0.2) is 6.33 Å². The summed E-state index contributed by atoms with van der Waals surface area (Å²) in [6, 6.07) is 0.433. The molecule has 1 unspecified atom stereocenters. The van der Waals surface area contributed by atoms with Crippen LogP contribution in [0.1, 0.15) is 57.5 Å². The van der Waals surface area contributed by atoms with Gasteiger partial charge < -0.3 is 10.3 Å². The molecular weight excluding hydrogens is 198 g/mol. The first-order valence-corrected chi connectivity index (χ1v) is 6.53. The number of H-pyrrole nitrogens is 1. The third-order valence-electron chi connectivity index (χ3n) is 4.47. The monoisotopic (exact) mass is 221 g/mol. The van der Waals surface area contributed by atoms with Gasteiger partial charge in [-0.25, -0.2) is 4.98 Å². The number of hydrogen-bond donors (Lipinski definition) is 2. The maximum Gasteiger partial charge on any atom is 0.0925 e. The fourth-order valence-electron chi connectivity index (χ4n) is 3.09. The van der Waals surface area contributed by atoms with Gasteiger partial charge in [-0.2, -0.15) is 0 Å². The first-order valence-electron chi connectivity index (χ1n) is 6.53. The molecule has 1 aromatic rings. The van der Waals surface area contributed by atoms with Crippen molar-refractivity contribution in [3.8, 4) is 0 Å². The first kappa shape index (κ1) is 11.6. The second-order valence-electron chi connectivity index (χ2n) is 4.83. The van der Waals surface area contributed by atoms with Gasteiger partial charge in [0.25, 0.3) is 0 Å². The van der Waals surface area contributed by atoms with Crippen LogP contribution in [0.25, 0.3) is 0 Å². The Hall–Kier alpha value is -0.830. The molecule has 0 fully saturated rings. The van der Waals surface area contributed by atoms with E-state index in [0.29, 0.717) is 11.5 Å². The number of nitrogens with one attached hydrogen (secondary N) is 2. The summed E-state index contributed by atoms with van der Waals surface area (Å²) in [4.78, 5) is 7.81. The van der Waals surface area contributed by atoms with Crippen LogP contribution in [-0.4, -0.2) is 16.5 Å². The van der Waals surface area contributed by atoms with E-state index in [4.69, 9.17) is 0 Å². The third kappa shape index (κ3) is 1.67. The van der Waals surface area contributed by atoms with Crippen LogP contribution >= 0.6 is 0 Å². The van der Waals surface area contributed by atoms with Crippen molar-refractivity contribution in [1.29, 1.82) is 0 Å². The predicted molar refractivity (Wildman–Crippen MR) is 66.3 cm³/mol. The Kier molecular flexibility index (Phi) is 3.33. The number of rotatable bonds is 4. The maximum atomic E-state index is 4.53. The highest BCUT2D eigenvalue weighted by atomic mass is 15.0. The molecule has 3 nitrogen and oxygen atoms in total. The molecule has 0 bridgehead atoms. The lowest BCUT2D eigenvalue weighted by Crippen LogP contribution is -2.41. The van der Waals surface area contributed by atoms with E-state index in [2.05, 4.69) is 36.1 Å². The van der Waals surface area contributed by atoms with Crippen molar-refractivity contribution >= 4 is 0 Å². The van der Waals surface area contributed by atoms with Crippen molar-refractivity contribution in [2.45, 2.75) is 52.5 Å². The Morgan fingerprint density at radius 1 is 1.31 bits per heavy atom. The predicted octanol–water partition coefficient (Wildman–Crippen LogP) is 2.81. The van der Waals surface area contributed by atoms with Crippen LogP contribution in [-0.2, 0) is 6.42 Å². The summed E-state index contributed by atoms with van der Waals surface area (Å²) in [6.45, 7) is 7.97. The largest absolute Gasteiger partial charge is 0.348 e. The Morgan fingerprint density at radius 3 is 2.62 bits per heavy atom. The summed E-state index contributed by atoms with van der Waals surface area (Å²) < 4.78 is 0. The molecule has 0 radical (unpaired) electrons. The molecule has 3 heteroatoms. The number of fused-ring (bicyclic) bond motifs is 1. The fraction of sp³-hybridized carbons (Fsp3) is 0.769. The third-order valence-corrected chi connectivity index (χ3v) is 4.47. The minimum absolute atomic E-state index is 0.365. The Morgan fingerprint density at radius 2 is 2.00 bits per heavy atom. The fourth-order valence-corrected chi connectivity index (χ4v) is 3.09. The molecule has 0 spiro atoms. The molecule has 1 aromatic heterocycles. The molecule has 1 atom stereocenters. The standard InChI is InChI=1S/C13H23N3/c1-4-13(5-2,6-3)12-11-10(7-8-14-12)15-9-16-11/h9,12,14H,4-8H2,1-3H3,(H,15,16). The summed E-state index contributed by atoms with van der Waals surface area (Å²) in [5.41, 5.74) is 2.96. The van der Waals surface area contributed by atoms with Gasteiger partial charge in [-0.15, -0.1) is 0 Å². The molecule has 0 saturated carbocycles. The first-order chi connectivity index (χ1) is 7.77. The zero-order valence-electron chi connectivity index (χ0n) is 10.6. The van der Waals surface area contributed by atoms with Gasteiger partial charge in [0, 0.05) is 18.7 Å². The van der Waals surface area contributed by atoms with E-state index < -0.39 is 0 Å². The molecule has 0 aromatic carbocycles. The number of aromatic nitrogens is 2. The molecule has 16 heavy (non-hydrogen) atoms. The zero-order chi connectivity index (χ0) is 11.6. The van der Waals surface area contributed by atoms with Gasteiger partial charge in [0.2, 0.25) is 0 Å². The lowest BCUT2D eigenvalue weighted by molar-refractivity contribution is 0.154. The SMILES string of the molecule is CCC(CC)(CC)C1NCCc2[nH]cnc21. The van der Waals surface area contributed by atoms with Gasteiger partial charge in [0.15, 0.2) is 0 Å². The molecular formula is C13H23N3. The Labute approximate surface area is 98.1 Å². The highest BCUT2D eigenvalue weighted by molar-refractivity contribution is 5.22. The van der Waals surface area contributed by atoms with Crippen molar-refractivity contribution in [2.24, 2.45) is 5.41 Å². The molecule has 0 aliphatic carbocycles. The van der Waals surface area contributed by atoms with Crippen LogP contribution in [0.3, 0.4) is 0 Å². The molecule has 2 N–H and O–H groups in total. The summed E-state index contributed by atoms with van der Waals surface area (Å²) in [7, 11) is 0. The molecule has 2 rings (SSSR count). The maximum absolute atomic E-state index is 4.53. The van der Waals surface area contributed by atoms with Gasteiger partial charge in [-0.1, -0.05) is 20.8 Å². The topological polar surface area (TPSA) is 40.7 Å². The van der Waals surface area contributed by atoms with E-state index in [1.807, 2.05) is 6.33 Å². The normalized spacial score (nSPS) is 20.8. The lowest BCUT2D eigenvalue weighted by atomic mass is 9.71. The molecule has 90 valence electrons. The van der Waals surface area contributed by atoms with E-state index in [1.54, 1.807) is 0 Å². The van der Waals surface area contributed by atoms with Crippen LogP contribution in [0.2, 0.25) is 0 Å². The Bertz CT molecular complexity index is 330. The minimum Gasteiger partial charge on any atom is -0.348 e. The highest BCUT2D eigenvalue weighted by Gasteiger charge is 2.38. The van der Waals surface area contributed by atoms with Crippen LogP contribution in [0.4, 0.5) is 0 Å². The van der Waals surface area contributed by atoms with E-state index in [1.165, 1.54) is 30.7 Å². The molecule has 0 saturated heterocycles. The van der Waals surface area contributed by atoms with E-state index >= 15 is 0 Å². The van der Waals surface area contributed by atoms with Crippen molar-refractivity contribution in [3.63, 3.8) is 0 Å². The van der Waals surface area contributed by atoms with Crippen molar-refractivity contribution in [3.05, 3.63) is 17.7 Å². The van der Waals surface area contributed by atoms with Crippen molar-refractivity contribution < 1.29 is 0 Å². The van der Waals surface area contributed by atoms with Crippen LogP contribution < -0.4 is 5.32 Å². The quantitative estimate of drug-likeness (QED) is 0.821. The average Bonchev–Trinajstić information content (AvgIpc) is 2.81. The van der Waals surface area contributed by atoms with Gasteiger partial charge >= 0.3 is 0 Å². The molecule has 1 aliphatic heterocycles. The van der Waals surface area contributed by atoms with Crippen LogP contribution in [0, 0.1) is 5.41 Å². The van der Waals surface area contributed by atoms with Crippen molar-refractivity contribution in [2.75, 3.05) is 6.54 Å². The highest BCUT2D eigenvalue weighted by Crippen LogP contribution is 2.44. The lowest BCUT2D eigenvalue weighted by Gasteiger charge is -2.41. The Balaban J connectivity index is 2.35. The minimum atomic E-state index is 0.365. The van der Waals surface area contributed by atoms with Gasteiger partial charge in [-0.3, -0.25) is 0 Å². The second-order valence-corrected chi connectivity index (χ2v) is 4.83. The number of hydrogen-bond acceptors (Lipinski definition) is 2.